The molecule has 0 aliphatic carbocycles. The van der Waals surface area contributed by atoms with Gasteiger partial charge in [0.25, 0.3) is 0 Å². The Bertz CT molecular complexity index is 358. The molecule has 0 saturated carbocycles. The molecule has 1 aromatic rings. The average Bonchev–Trinajstić information content (AvgIpc) is 2.20. The van der Waals surface area contributed by atoms with Gasteiger partial charge in [0.2, 0.25) is 0 Å². The van der Waals surface area contributed by atoms with Gasteiger partial charge in [0.05, 0.1) is 12.0 Å². The molecule has 0 saturated heterocycles. The molecule has 0 radical (unpaired) electrons. The fourth-order valence-electron chi connectivity index (χ4n) is 1.66. The van der Waals surface area contributed by atoms with Crippen LogP contribution in [0.4, 0.5) is 0 Å². The molecule has 1 atom stereocenters. The monoisotopic (exact) mass is 222 g/mol. The highest BCUT2D eigenvalue weighted by molar-refractivity contribution is 5.77. The van der Waals surface area contributed by atoms with Gasteiger partial charge in [0.15, 0.2) is 0 Å². The summed E-state index contributed by atoms with van der Waals surface area (Å²) in [5.74, 6) is -0.621. The van der Waals surface area contributed by atoms with Crippen LogP contribution in [-0.2, 0) is 4.79 Å². The Morgan fingerprint density at radius 2 is 2.00 bits per heavy atom. The number of hydrogen-bond acceptors (Lipinski definition) is 2. The molecule has 0 heterocycles. The van der Waals surface area contributed by atoms with Crippen LogP contribution in [0.25, 0.3) is 0 Å². The maximum Gasteiger partial charge on any atom is 0.311 e. The minimum absolute atomic E-state index is 0.0486. The SMILES string of the molecule is CCC(C(=O)O)c1ccccc1OC(C)C. The third-order valence-electron chi connectivity index (χ3n) is 2.36. The van der Waals surface area contributed by atoms with E-state index in [1.54, 1.807) is 0 Å². The van der Waals surface area contributed by atoms with Crippen LogP contribution in [0.15, 0.2) is 24.3 Å². The Hall–Kier alpha value is -1.51. The zero-order valence-electron chi connectivity index (χ0n) is 9.93. The summed E-state index contributed by atoms with van der Waals surface area (Å²) in [5.41, 5.74) is 0.756. The number of rotatable bonds is 5. The normalized spacial score (nSPS) is 12.5. The van der Waals surface area contributed by atoms with Crippen LogP contribution < -0.4 is 4.74 Å². The molecule has 1 unspecified atom stereocenters. The summed E-state index contributed by atoms with van der Waals surface area (Å²) in [5, 5.41) is 9.13. The number of carboxylic acids is 1. The lowest BCUT2D eigenvalue weighted by Crippen LogP contribution is -2.14. The van der Waals surface area contributed by atoms with E-state index in [4.69, 9.17) is 9.84 Å². The molecule has 0 amide bonds. The highest BCUT2D eigenvalue weighted by Crippen LogP contribution is 2.29. The van der Waals surface area contributed by atoms with E-state index in [1.807, 2.05) is 45.0 Å². The van der Waals surface area contributed by atoms with E-state index >= 15 is 0 Å². The van der Waals surface area contributed by atoms with Crippen molar-refractivity contribution in [1.29, 1.82) is 0 Å². The molecular weight excluding hydrogens is 204 g/mol. The van der Waals surface area contributed by atoms with Crippen LogP contribution >= 0.6 is 0 Å². The van der Waals surface area contributed by atoms with Crippen molar-refractivity contribution in [3.63, 3.8) is 0 Å². The fourth-order valence-corrected chi connectivity index (χ4v) is 1.66. The molecule has 3 heteroatoms. The van der Waals surface area contributed by atoms with Crippen molar-refractivity contribution in [3.05, 3.63) is 29.8 Å². The van der Waals surface area contributed by atoms with Crippen LogP contribution in [0.5, 0.6) is 5.75 Å². The zero-order valence-corrected chi connectivity index (χ0v) is 9.93. The zero-order chi connectivity index (χ0) is 12.1. The van der Waals surface area contributed by atoms with Crippen molar-refractivity contribution in [3.8, 4) is 5.75 Å². The lowest BCUT2D eigenvalue weighted by Gasteiger charge is -2.17. The van der Waals surface area contributed by atoms with Gasteiger partial charge in [-0.25, -0.2) is 0 Å². The highest BCUT2D eigenvalue weighted by atomic mass is 16.5. The van der Waals surface area contributed by atoms with Crippen LogP contribution in [0.1, 0.15) is 38.7 Å². The van der Waals surface area contributed by atoms with Crippen LogP contribution in [-0.4, -0.2) is 17.2 Å². The van der Waals surface area contributed by atoms with E-state index in [-0.39, 0.29) is 6.10 Å². The first-order chi connectivity index (χ1) is 7.56. The first kappa shape index (κ1) is 12.6. The molecule has 0 aliphatic rings. The van der Waals surface area contributed by atoms with Crippen LogP contribution in [0.3, 0.4) is 0 Å². The standard InChI is InChI=1S/C13H18O3/c1-4-10(13(14)15)11-7-5-6-8-12(11)16-9(2)3/h5-10H,4H2,1-3H3,(H,14,15). The third-order valence-corrected chi connectivity index (χ3v) is 2.36. The summed E-state index contributed by atoms with van der Waals surface area (Å²) in [6, 6.07) is 7.34. The molecule has 3 nitrogen and oxygen atoms in total. The number of carboxylic acid groups (broad SMARTS) is 1. The van der Waals surface area contributed by atoms with Crippen molar-refractivity contribution < 1.29 is 14.6 Å². The minimum atomic E-state index is -0.803. The molecule has 0 bridgehead atoms. The summed E-state index contributed by atoms with van der Waals surface area (Å²) in [7, 11) is 0. The predicted molar refractivity (Wildman–Crippen MR) is 62.9 cm³/mol. The Morgan fingerprint density at radius 1 is 1.38 bits per heavy atom. The topological polar surface area (TPSA) is 46.5 Å². The van der Waals surface area contributed by atoms with Crippen molar-refractivity contribution in [2.45, 2.75) is 39.2 Å². The van der Waals surface area contributed by atoms with Gasteiger partial charge in [-0.05, 0) is 26.3 Å². The van der Waals surface area contributed by atoms with E-state index in [9.17, 15) is 4.79 Å². The second-order valence-electron chi connectivity index (χ2n) is 4.00. The molecule has 88 valence electrons. The molecule has 0 fully saturated rings. The van der Waals surface area contributed by atoms with Gasteiger partial charge in [0.1, 0.15) is 5.75 Å². The third kappa shape index (κ3) is 2.99. The summed E-state index contributed by atoms with van der Waals surface area (Å²) in [6.45, 7) is 5.72. The van der Waals surface area contributed by atoms with E-state index < -0.39 is 11.9 Å². The molecule has 0 aliphatic heterocycles. The van der Waals surface area contributed by atoms with Crippen LogP contribution in [0, 0.1) is 0 Å². The van der Waals surface area contributed by atoms with E-state index in [0.29, 0.717) is 12.2 Å². The lowest BCUT2D eigenvalue weighted by atomic mass is 9.96. The first-order valence-corrected chi connectivity index (χ1v) is 5.54. The van der Waals surface area contributed by atoms with Gasteiger partial charge < -0.3 is 9.84 Å². The molecule has 1 N–H and O–H groups in total. The number of para-hydroxylation sites is 1. The number of benzene rings is 1. The van der Waals surface area contributed by atoms with Gasteiger partial charge in [-0.2, -0.15) is 0 Å². The van der Waals surface area contributed by atoms with Gasteiger partial charge >= 0.3 is 5.97 Å². The van der Waals surface area contributed by atoms with Crippen molar-refractivity contribution in [2.75, 3.05) is 0 Å². The Kier molecular flexibility index (Phi) is 4.35. The van der Waals surface area contributed by atoms with Crippen molar-refractivity contribution >= 4 is 5.97 Å². The number of aliphatic carboxylic acids is 1. The number of ether oxygens (including phenoxy) is 1. The van der Waals surface area contributed by atoms with Gasteiger partial charge in [-0.15, -0.1) is 0 Å². The predicted octanol–water partition coefficient (Wildman–Crippen LogP) is 3.05. The summed E-state index contributed by atoms with van der Waals surface area (Å²) in [6.07, 6.45) is 0.612. The average molecular weight is 222 g/mol. The lowest BCUT2D eigenvalue weighted by molar-refractivity contribution is -0.138. The van der Waals surface area contributed by atoms with E-state index in [1.165, 1.54) is 0 Å². The quantitative estimate of drug-likeness (QED) is 0.832. The largest absolute Gasteiger partial charge is 0.491 e. The fraction of sp³-hybridized carbons (Fsp3) is 0.462. The maximum atomic E-state index is 11.1. The smallest absolute Gasteiger partial charge is 0.311 e. The molecule has 1 rings (SSSR count). The minimum Gasteiger partial charge on any atom is -0.491 e. The summed E-state index contributed by atoms with van der Waals surface area (Å²) < 4.78 is 5.61. The Balaban J connectivity index is 3.05. The first-order valence-electron chi connectivity index (χ1n) is 5.54. The van der Waals surface area contributed by atoms with Gasteiger partial charge in [-0.1, -0.05) is 25.1 Å². The van der Waals surface area contributed by atoms with Crippen LogP contribution in [0.2, 0.25) is 0 Å². The molecule has 16 heavy (non-hydrogen) atoms. The van der Waals surface area contributed by atoms with Gasteiger partial charge in [0, 0.05) is 5.56 Å². The number of hydrogen-bond donors (Lipinski definition) is 1. The maximum absolute atomic E-state index is 11.1. The number of carbonyl (C=O) groups is 1. The van der Waals surface area contributed by atoms with Crippen molar-refractivity contribution in [1.82, 2.24) is 0 Å². The summed E-state index contributed by atoms with van der Waals surface area (Å²) >= 11 is 0. The van der Waals surface area contributed by atoms with E-state index in [0.717, 1.165) is 5.56 Å². The molecule has 1 aromatic carbocycles. The summed E-state index contributed by atoms with van der Waals surface area (Å²) in [4.78, 5) is 11.1. The Labute approximate surface area is 96.1 Å². The molecule has 0 aromatic heterocycles. The van der Waals surface area contributed by atoms with Gasteiger partial charge in [-0.3, -0.25) is 4.79 Å². The van der Waals surface area contributed by atoms with E-state index in [2.05, 4.69) is 0 Å². The molecule has 0 spiro atoms. The van der Waals surface area contributed by atoms with Crippen molar-refractivity contribution in [2.24, 2.45) is 0 Å². The second-order valence-corrected chi connectivity index (χ2v) is 4.00. The second kappa shape index (κ2) is 5.54. The highest BCUT2D eigenvalue weighted by Gasteiger charge is 2.21. The Morgan fingerprint density at radius 3 is 2.50 bits per heavy atom. The molecular formula is C13H18O3.